The molecule has 1 heteroatoms. The number of anilines is 2. The minimum absolute atomic E-state index is 0.0624. The van der Waals surface area contributed by atoms with Gasteiger partial charge in [0, 0.05) is 17.3 Å². The van der Waals surface area contributed by atoms with Crippen LogP contribution in [0.2, 0.25) is 0 Å². The maximum atomic E-state index is 2.70. The van der Waals surface area contributed by atoms with Crippen molar-refractivity contribution in [2.75, 3.05) is 4.90 Å². The van der Waals surface area contributed by atoms with Crippen molar-refractivity contribution in [1.29, 1.82) is 0 Å². The fourth-order valence-corrected chi connectivity index (χ4v) is 12.5. The first-order valence-electron chi connectivity index (χ1n) is 21.1. The predicted molar refractivity (Wildman–Crippen MR) is 248 cm³/mol. The highest BCUT2D eigenvalue weighted by atomic mass is 15.2. The molecule has 0 aromatic heterocycles. The van der Waals surface area contributed by atoms with E-state index in [0.29, 0.717) is 5.92 Å². The standard InChI is InChI=1S/C57H49N/c1-55(2)35-56(3,4)54-50-32-40(26-31-51(50)58(57(54,5)36-55)41-24-16-9-17-25-41)49-34-48(39-22-14-8-15-23-39)44-28-27-42-46(37-18-10-6-11-19-37)33-47(38-20-12-7-13-21-38)43-29-30-45(49)53(44)52(42)43/h6-34,54H,35-36H2,1-5H3. The van der Waals surface area contributed by atoms with Crippen molar-refractivity contribution in [1.82, 2.24) is 0 Å². The van der Waals surface area contributed by atoms with Gasteiger partial charge in [-0.05, 0) is 149 Å². The van der Waals surface area contributed by atoms with Gasteiger partial charge in [0.25, 0.3) is 0 Å². The second-order valence-corrected chi connectivity index (χ2v) is 18.9. The number of rotatable bonds is 5. The molecule has 9 aromatic rings. The molecule has 0 saturated heterocycles. The van der Waals surface area contributed by atoms with Crippen molar-refractivity contribution in [2.45, 2.75) is 58.9 Å². The lowest BCUT2D eigenvalue weighted by Gasteiger charge is -2.56. The summed E-state index contributed by atoms with van der Waals surface area (Å²) in [4.78, 5) is 2.70. The summed E-state index contributed by atoms with van der Waals surface area (Å²) in [6, 6.07) is 66.0. The number of benzene rings is 9. The van der Waals surface area contributed by atoms with E-state index >= 15 is 0 Å². The van der Waals surface area contributed by atoms with Gasteiger partial charge in [0.2, 0.25) is 0 Å². The molecule has 11 rings (SSSR count). The number of hydrogen-bond donors (Lipinski definition) is 0. The Hall–Kier alpha value is -6.18. The molecule has 0 N–H and O–H groups in total. The summed E-state index contributed by atoms with van der Waals surface area (Å²) in [7, 11) is 0. The maximum Gasteiger partial charge on any atom is 0.0502 e. The molecule has 0 spiro atoms. The van der Waals surface area contributed by atoms with Crippen LogP contribution in [-0.4, -0.2) is 5.54 Å². The molecule has 1 aliphatic carbocycles. The lowest BCUT2D eigenvalue weighted by Crippen LogP contribution is -2.55. The molecule has 0 radical (unpaired) electrons. The summed E-state index contributed by atoms with van der Waals surface area (Å²) in [6.07, 6.45) is 2.33. The summed E-state index contributed by atoms with van der Waals surface area (Å²) >= 11 is 0. The Bertz CT molecular complexity index is 2940. The zero-order valence-corrected chi connectivity index (χ0v) is 34.2. The number of para-hydroxylation sites is 1. The van der Waals surface area contributed by atoms with Gasteiger partial charge in [-0.3, -0.25) is 0 Å². The lowest BCUT2D eigenvalue weighted by atomic mass is 9.52. The van der Waals surface area contributed by atoms with Crippen LogP contribution in [0.25, 0.3) is 76.8 Å². The number of fused-ring (bicyclic) bond motifs is 3. The molecule has 1 aliphatic heterocycles. The quantitative estimate of drug-likeness (QED) is 0.159. The van der Waals surface area contributed by atoms with Gasteiger partial charge in [0.15, 0.2) is 0 Å². The fourth-order valence-electron chi connectivity index (χ4n) is 12.5. The number of hydrogen-bond acceptors (Lipinski definition) is 1. The van der Waals surface area contributed by atoms with E-state index in [4.69, 9.17) is 0 Å². The van der Waals surface area contributed by atoms with Gasteiger partial charge in [0.1, 0.15) is 0 Å². The zero-order chi connectivity index (χ0) is 39.4. The molecule has 282 valence electrons. The van der Waals surface area contributed by atoms with Gasteiger partial charge in [-0.1, -0.05) is 167 Å². The van der Waals surface area contributed by atoms with Crippen LogP contribution in [0, 0.1) is 10.8 Å². The second kappa shape index (κ2) is 12.7. The largest absolute Gasteiger partial charge is 0.335 e. The highest BCUT2D eigenvalue weighted by Gasteiger charge is 2.60. The first kappa shape index (κ1) is 35.0. The van der Waals surface area contributed by atoms with Crippen molar-refractivity contribution < 1.29 is 0 Å². The Labute approximate surface area is 343 Å². The van der Waals surface area contributed by atoms with Gasteiger partial charge in [0.05, 0.1) is 5.54 Å². The molecule has 58 heavy (non-hydrogen) atoms. The van der Waals surface area contributed by atoms with Crippen molar-refractivity contribution in [3.8, 4) is 44.5 Å². The first-order chi connectivity index (χ1) is 28.1. The molecule has 1 heterocycles. The van der Waals surface area contributed by atoms with Gasteiger partial charge >= 0.3 is 0 Å². The minimum atomic E-state index is -0.0624. The average molecular weight is 748 g/mol. The Morgan fingerprint density at radius 1 is 0.414 bits per heavy atom. The second-order valence-electron chi connectivity index (χ2n) is 18.9. The normalized spacial score (nSPS) is 19.5. The molecule has 9 aromatic carbocycles. The Morgan fingerprint density at radius 2 is 0.828 bits per heavy atom. The third kappa shape index (κ3) is 5.22. The summed E-state index contributed by atoms with van der Waals surface area (Å²) in [5, 5.41) is 7.88. The Kier molecular flexibility index (Phi) is 7.64. The molecule has 2 atom stereocenters. The monoisotopic (exact) mass is 747 g/mol. The molecule has 2 aliphatic rings. The van der Waals surface area contributed by atoms with E-state index in [1.165, 1.54) is 100 Å². The predicted octanol–water partition coefficient (Wildman–Crippen LogP) is 16.1. The molecular formula is C57H49N. The van der Waals surface area contributed by atoms with Gasteiger partial charge < -0.3 is 4.90 Å². The molecular weight excluding hydrogens is 699 g/mol. The van der Waals surface area contributed by atoms with Gasteiger partial charge in [-0.2, -0.15) is 0 Å². The molecule has 1 nitrogen and oxygen atoms in total. The topological polar surface area (TPSA) is 3.24 Å². The van der Waals surface area contributed by atoms with Crippen molar-refractivity contribution in [3.63, 3.8) is 0 Å². The number of nitrogens with zero attached hydrogens (tertiary/aromatic N) is 1. The SMILES string of the molecule is CC1(C)CC(C)(C)C2c3cc(-c4cc(-c5ccccc5)c5ccc6c(-c7ccccc7)cc(-c7ccccc7)c7ccc4c5c67)ccc3N(c3ccccc3)C2(C)C1. The molecule has 1 fully saturated rings. The van der Waals surface area contributed by atoms with E-state index in [1.807, 2.05) is 0 Å². The van der Waals surface area contributed by atoms with Crippen molar-refractivity contribution in [3.05, 3.63) is 181 Å². The summed E-state index contributed by atoms with van der Waals surface area (Å²) in [5.74, 6) is 0.374. The average Bonchev–Trinajstić information content (AvgIpc) is 3.50. The van der Waals surface area contributed by atoms with E-state index in [1.54, 1.807) is 0 Å². The highest BCUT2D eigenvalue weighted by Crippen LogP contribution is 2.67. The zero-order valence-electron chi connectivity index (χ0n) is 34.2. The third-order valence-corrected chi connectivity index (χ3v) is 13.7. The van der Waals surface area contributed by atoms with E-state index in [2.05, 4.69) is 215 Å². The van der Waals surface area contributed by atoms with Gasteiger partial charge in [-0.15, -0.1) is 0 Å². The van der Waals surface area contributed by atoms with Crippen molar-refractivity contribution >= 4 is 43.7 Å². The maximum absolute atomic E-state index is 2.70. The van der Waals surface area contributed by atoms with Crippen LogP contribution in [0.1, 0.15) is 58.9 Å². The highest BCUT2D eigenvalue weighted by molar-refractivity contribution is 6.32. The van der Waals surface area contributed by atoms with Crippen LogP contribution < -0.4 is 4.90 Å². The van der Waals surface area contributed by atoms with Crippen LogP contribution in [-0.2, 0) is 0 Å². The van der Waals surface area contributed by atoms with Crippen LogP contribution in [0.5, 0.6) is 0 Å². The van der Waals surface area contributed by atoms with Crippen LogP contribution in [0.4, 0.5) is 11.4 Å². The van der Waals surface area contributed by atoms with E-state index in [9.17, 15) is 0 Å². The van der Waals surface area contributed by atoms with E-state index in [0.717, 1.165) is 6.42 Å². The van der Waals surface area contributed by atoms with Crippen molar-refractivity contribution in [2.24, 2.45) is 10.8 Å². The van der Waals surface area contributed by atoms with Crippen LogP contribution in [0.3, 0.4) is 0 Å². The van der Waals surface area contributed by atoms with E-state index in [-0.39, 0.29) is 16.4 Å². The summed E-state index contributed by atoms with van der Waals surface area (Å²) < 4.78 is 0. The Morgan fingerprint density at radius 3 is 1.28 bits per heavy atom. The van der Waals surface area contributed by atoms with Gasteiger partial charge in [-0.25, -0.2) is 0 Å². The molecule has 0 bridgehead atoms. The first-order valence-corrected chi connectivity index (χ1v) is 21.1. The molecule has 1 saturated carbocycles. The Balaban J connectivity index is 1.23. The minimum Gasteiger partial charge on any atom is -0.335 e. The van der Waals surface area contributed by atoms with Crippen LogP contribution in [0.15, 0.2) is 176 Å². The summed E-state index contributed by atoms with van der Waals surface area (Å²) in [6.45, 7) is 12.6. The summed E-state index contributed by atoms with van der Waals surface area (Å²) in [5.41, 5.74) is 14.5. The lowest BCUT2D eigenvalue weighted by molar-refractivity contribution is 0.0367. The third-order valence-electron chi connectivity index (χ3n) is 13.7. The van der Waals surface area contributed by atoms with Crippen LogP contribution >= 0.6 is 0 Å². The van der Waals surface area contributed by atoms with E-state index < -0.39 is 0 Å². The smallest absolute Gasteiger partial charge is 0.0502 e. The fraction of sp³-hybridized carbons (Fsp3) is 0.193. The molecule has 2 unspecified atom stereocenters. The molecule has 0 amide bonds.